The molecule has 0 spiro atoms. The SMILES string of the molecule is Brc1cnc(NCc2ccccc2)s1. The van der Waals surface area contributed by atoms with E-state index in [1.54, 1.807) is 17.5 Å². The standard InChI is InChI=1S/C10H9BrN2S/c11-9-7-13-10(14-9)12-6-8-4-2-1-3-5-8/h1-5,7H,6H2,(H,12,13). The third-order valence-electron chi connectivity index (χ3n) is 1.76. The van der Waals surface area contributed by atoms with Crippen LogP contribution in [0.4, 0.5) is 5.13 Å². The van der Waals surface area contributed by atoms with Crippen LogP contribution in [0.5, 0.6) is 0 Å². The molecule has 0 bridgehead atoms. The van der Waals surface area contributed by atoms with Crippen LogP contribution in [0, 0.1) is 0 Å². The van der Waals surface area contributed by atoms with Gasteiger partial charge in [-0.2, -0.15) is 0 Å². The Hall–Kier alpha value is -0.870. The van der Waals surface area contributed by atoms with Crippen molar-refractivity contribution in [1.82, 2.24) is 4.98 Å². The summed E-state index contributed by atoms with van der Waals surface area (Å²) in [7, 11) is 0. The second kappa shape index (κ2) is 4.57. The van der Waals surface area contributed by atoms with Crippen molar-refractivity contribution in [3.05, 3.63) is 45.9 Å². The van der Waals surface area contributed by atoms with Crippen LogP contribution in [0.2, 0.25) is 0 Å². The maximum Gasteiger partial charge on any atom is 0.183 e. The molecule has 2 aromatic rings. The average Bonchev–Trinajstić information content (AvgIpc) is 2.63. The van der Waals surface area contributed by atoms with E-state index in [0.29, 0.717) is 0 Å². The molecule has 0 saturated carbocycles. The first-order valence-corrected chi connectivity index (χ1v) is 5.84. The Bertz CT molecular complexity index is 400. The number of hydrogen-bond donors (Lipinski definition) is 1. The average molecular weight is 269 g/mol. The summed E-state index contributed by atoms with van der Waals surface area (Å²) in [6.45, 7) is 0.820. The van der Waals surface area contributed by atoms with Gasteiger partial charge in [0, 0.05) is 6.54 Å². The number of hydrogen-bond acceptors (Lipinski definition) is 3. The smallest absolute Gasteiger partial charge is 0.183 e. The second-order valence-corrected chi connectivity index (χ2v) is 5.22. The number of rotatable bonds is 3. The second-order valence-electron chi connectivity index (χ2n) is 2.81. The lowest BCUT2D eigenvalue weighted by Crippen LogP contribution is -1.97. The van der Waals surface area contributed by atoms with Crippen molar-refractivity contribution in [2.75, 3.05) is 5.32 Å². The molecular formula is C10H9BrN2S. The highest BCUT2D eigenvalue weighted by molar-refractivity contribution is 9.11. The van der Waals surface area contributed by atoms with Gasteiger partial charge in [0.05, 0.1) is 9.98 Å². The Labute approximate surface area is 95.1 Å². The Balaban J connectivity index is 1.95. The Morgan fingerprint density at radius 3 is 2.71 bits per heavy atom. The molecule has 72 valence electrons. The van der Waals surface area contributed by atoms with E-state index < -0.39 is 0 Å². The number of thiazole rings is 1. The number of nitrogens with one attached hydrogen (secondary N) is 1. The summed E-state index contributed by atoms with van der Waals surface area (Å²) in [6, 6.07) is 10.3. The first-order valence-electron chi connectivity index (χ1n) is 4.24. The van der Waals surface area contributed by atoms with E-state index in [1.165, 1.54) is 5.56 Å². The zero-order valence-electron chi connectivity index (χ0n) is 7.40. The minimum atomic E-state index is 0.820. The Morgan fingerprint density at radius 2 is 2.07 bits per heavy atom. The van der Waals surface area contributed by atoms with Gasteiger partial charge < -0.3 is 5.32 Å². The zero-order valence-corrected chi connectivity index (χ0v) is 9.81. The van der Waals surface area contributed by atoms with Crippen molar-refractivity contribution < 1.29 is 0 Å². The van der Waals surface area contributed by atoms with Gasteiger partial charge in [-0.25, -0.2) is 4.98 Å². The van der Waals surface area contributed by atoms with Gasteiger partial charge in [0.25, 0.3) is 0 Å². The molecule has 0 aliphatic rings. The summed E-state index contributed by atoms with van der Waals surface area (Å²) in [5, 5.41) is 4.20. The van der Waals surface area contributed by atoms with Crippen molar-refractivity contribution in [2.45, 2.75) is 6.54 Å². The van der Waals surface area contributed by atoms with E-state index in [9.17, 15) is 0 Å². The molecule has 0 saturated heterocycles. The number of anilines is 1. The fourth-order valence-electron chi connectivity index (χ4n) is 1.11. The van der Waals surface area contributed by atoms with Crippen molar-refractivity contribution in [2.24, 2.45) is 0 Å². The molecule has 2 nitrogen and oxygen atoms in total. The normalized spacial score (nSPS) is 10.1. The van der Waals surface area contributed by atoms with Gasteiger partial charge in [-0.1, -0.05) is 41.7 Å². The fourth-order valence-corrected chi connectivity index (χ4v) is 2.21. The lowest BCUT2D eigenvalue weighted by molar-refractivity contribution is 1.13. The molecule has 0 unspecified atom stereocenters. The molecule has 0 amide bonds. The Morgan fingerprint density at radius 1 is 1.29 bits per heavy atom. The lowest BCUT2D eigenvalue weighted by Gasteiger charge is -2.01. The summed E-state index contributed by atoms with van der Waals surface area (Å²) in [6.07, 6.45) is 1.80. The largest absolute Gasteiger partial charge is 0.357 e. The molecule has 2 rings (SSSR count). The Kier molecular flexibility index (Phi) is 3.16. The summed E-state index contributed by atoms with van der Waals surface area (Å²) < 4.78 is 1.05. The van der Waals surface area contributed by atoms with Crippen LogP contribution < -0.4 is 5.32 Å². The molecule has 1 N–H and O–H groups in total. The van der Waals surface area contributed by atoms with Crippen LogP contribution in [0.1, 0.15) is 5.56 Å². The summed E-state index contributed by atoms with van der Waals surface area (Å²) >= 11 is 4.98. The van der Waals surface area contributed by atoms with Crippen LogP contribution >= 0.6 is 27.3 Å². The van der Waals surface area contributed by atoms with Crippen LogP contribution in [-0.4, -0.2) is 4.98 Å². The van der Waals surface area contributed by atoms with Crippen molar-refractivity contribution >= 4 is 32.4 Å². The molecule has 0 atom stereocenters. The van der Waals surface area contributed by atoms with Gasteiger partial charge in [0.1, 0.15) is 0 Å². The maximum absolute atomic E-state index is 4.19. The molecule has 1 heterocycles. The molecule has 4 heteroatoms. The number of halogens is 1. The van der Waals surface area contributed by atoms with E-state index in [4.69, 9.17) is 0 Å². The van der Waals surface area contributed by atoms with Crippen molar-refractivity contribution in [1.29, 1.82) is 0 Å². The number of aromatic nitrogens is 1. The number of benzene rings is 1. The molecular weight excluding hydrogens is 260 g/mol. The first kappa shape index (κ1) is 9.68. The van der Waals surface area contributed by atoms with Gasteiger partial charge in [-0.05, 0) is 21.5 Å². The predicted molar refractivity (Wildman–Crippen MR) is 63.6 cm³/mol. The molecule has 1 aromatic heterocycles. The van der Waals surface area contributed by atoms with Crippen molar-refractivity contribution in [3.63, 3.8) is 0 Å². The minimum absolute atomic E-state index is 0.820. The van der Waals surface area contributed by atoms with Crippen LogP contribution in [0.25, 0.3) is 0 Å². The van der Waals surface area contributed by atoms with E-state index in [-0.39, 0.29) is 0 Å². The zero-order chi connectivity index (χ0) is 9.80. The molecule has 1 aromatic carbocycles. The highest BCUT2D eigenvalue weighted by Crippen LogP contribution is 2.23. The predicted octanol–water partition coefficient (Wildman–Crippen LogP) is 3.52. The highest BCUT2D eigenvalue weighted by atomic mass is 79.9. The third-order valence-corrected chi connectivity index (χ3v) is 3.20. The van der Waals surface area contributed by atoms with E-state index in [0.717, 1.165) is 15.5 Å². The van der Waals surface area contributed by atoms with Gasteiger partial charge in [0.2, 0.25) is 0 Å². The summed E-state index contributed by atoms with van der Waals surface area (Å²) in [5.41, 5.74) is 1.26. The van der Waals surface area contributed by atoms with Gasteiger partial charge in [-0.15, -0.1) is 0 Å². The van der Waals surface area contributed by atoms with Crippen LogP contribution in [0.3, 0.4) is 0 Å². The maximum atomic E-state index is 4.19. The quantitative estimate of drug-likeness (QED) is 0.922. The summed E-state index contributed by atoms with van der Waals surface area (Å²) in [5.74, 6) is 0. The monoisotopic (exact) mass is 268 g/mol. The summed E-state index contributed by atoms with van der Waals surface area (Å²) in [4.78, 5) is 4.19. The van der Waals surface area contributed by atoms with Crippen LogP contribution in [-0.2, 0) is 6.54 Å². The lowest BCUT2D eigenvalue weighted by atomic mass is 10.2. The van der Waals surface area contributed by atoms with E-state index in [1.807, 2.05) is 18.2 Å². The number of nitrogens with zero attached hydrogens (tertiary/aromatic N) is 1. The first-order chi connectivity index (χ1) is 6.84. The third kappa shape index (κ3) is 2.56. The van der Waals surface area contributed by atoms with E-state index in [2.05, 4.69) is 38.4 Å². The topological polar surface area (TPSA) is 24.9 Å². The highest BCUT2D eigenvalue weighted by Gasteiger charge is 1.97. The van der Waals surface area contributed by atoms with Crippen molar-refractivity contribution in [3.8, 4) is 0 Å². The molecule has 0 radical (unpaired) electrons. The molecule has 0 aliphatic heterocycles. The van der Waals surface area contributed by atoms with Crippen LogP contribution in [0.15, 0.2) is 40.3 Å². The van der Waals surface area contributed by atoms with Gasteiger partial charge in [0.15, 0.2) is 5.13 Å². The molecule has 14 heavy (non-hydrogen) atoms. The van der Waals surface area contributed by atoms with Gasteiger partial charge >= 0.3 is 0 Å². The fraction of sp³-hybridized carbons (Fsp3) is 0.100. The molecule has 0 aliphatic carbocycles. The van der Waals surface area contributed by atoms with E-state index >= 15 is 0 Å². The molecule has 0 fully saturated rings. The van der Waals surface area contributed by atoms with Gasteiger partial charge in [-0.3, -0.25) is 0 Å². The minimum Gasteiger partial charge on any atom is -0.357 e.